The number of nitrogens with zero attached hydrogens (tertiary/aromatic N) is 1. The van der Waals surface area contributed by atoms with Crippen molar-refractivity contribution in [3.05, 3.63) is 0 Å². The summed E-state index contributed by atoms with van der Waals surface area (Å²) < 4.78 is 30.2. The molecule has 0 fully saturated rings. The number of hydrogen-bond acceptors (Lipinski definition) is 5. The normalized spacial score (nSPS) is 16.8. The molecule has 3 N–H and O–H groups in total. The molecule has 0 aliphatic heterocycles. The Kier molecular flexibility index (Phi) is 2.94. The lowest BCUT2D eigenvalue weighted by molar-refractivity contribution is 0.321. The van der Waals surface area contributed by atoms with Gasteiger partial charge in [0.2, 0.25) is 9.84 Å². The number of rotatable bonds is 0. The molecule has 0 saturated heterocycles. The van der Waals surface area contributed by atoms with Gasteiger partial charge in [-0.1, -0.05) is 5.16 Å². The third-order valence-electron chi connectivity index (χ3n) is 0.571. The van der Waals surface area contributed by atoms with E-state index < -0.39 is 25.2 Å². The van der Waals surface area contributed by atoms with Gasteiger partial charge in [-0.2, -0.15) is 0 Å². The molecular weight excluding hydrogens is 180 g/mol. The zero-order valence-electron chi connectivity index (χ0n) is 5.01. The minimum Gasteiger partial charge on any atom is -0.409 e. The minimum absolute atomic E-state index is 0.743. The van der Waals surface area contributed by atoms with Crippen LogP contribution in [-0.2, 0) is 20.8 Å². The van der Waals surface area contributed by atoms with Crippen LogP contribution in [0.5, 0.6) is 0 Å². The average molecular weight is 186 g/mol. The van der Waals surface area contributed by atoms with Crippen LogP contribution in [0.2, 0.25) is 0 Å². The lowest BCUT2D eigenvalue weighted by Gasteiger charge is -1.93. The van der Waals surface area contributed by atoms with Crippen LogP contribution in [0.25, 0.3) is 0 Å². The van der Waals surface area contributed by atoms with Crippen molar-refractivity contribution in [1.29, 1.82) is 0 Å². The zero-order valence-corrected chi connectivity index (χ0v) is 6.65. The van der Waals surface area contributed by atoms with E-state index in [9.17, 15) is 12.6 Å². The molecule has 10 heavy (non-hydrogen) atoms. The smallest absolute Gasteiger partial charge is 0.272 e. The molecule has 0 aliphatic carbocycles. The van der Waals surface area contributed by atoms with Gasteiger partial charge in [-0.15, -0.1) is 0 Å². The van der Waals surface area contributed by atoms with Crippen LogP contribution in [-0.4, -0.2) is 28.5 Å². The third kappa shape index (κ3) is 2.42. The summed E-state index contributed by atoms with van der Waals surface area (Å²) in [4.78, 5) is 0. The summed E-state index contributed by atoms with van der Waals surface area (Å²) in [6.07, 6.45) is 0.743. The molecular formula is C2H6N2O4S2. The van der Waals surface area contributed by atoms with E-state index in [1.807, 2.05) is 0 Å². The molecule has 0 spiro atoms. The largest absolute Gasteiger partial charge is 0.409 e. The fraction of sp³-hybridized carbons (Fsp3) is 0.500. The number of nitrogens with two attached hydrogens (primary N) is 1. The van der Waals surface area contributed by atoms with E-state index in [0.29, 0.717) is 0 Å². The average Bonchev–Trinajstić information content (AvgIpc) is 1.60. The Balaban J connectivity index is 4.95. The molecule has 0 heterocycles. The Bertz CT molecular complexity index is 265. The predicted molar refractivity (Wildman–Crippen MR) is 36.4 cm³/mol. The Labute approximate surface area is 60.2 Å². The van der Waals surface area contributed by atoms with Crippen LogP contribution in [0.1, 0.15) is 0 Å². The minimum atomic E-state index is -3.74. The fourth-order valence-electron chi connectivity index (χ4n) is 0.264. The van der Waals surface area contributed by atoms with Gasteiger partial charge in [0.25, 0.3) is 4.38 Å². The van der Waals surface area contributed by atoms with Crippen molar-refractivity contribution in [2.24, 2.45) is 10.3 Å². The second-order valence-electron chi connectivity index (χ2n) is 1.44. The quantitative estimate of drug-likeness (QED) is 0.205. The Hall–Kier alpha value is -0.470. The highest BCUT2D eigenvalue weighted by atomic mass is 32.3. The molecule has 0 amide bonds. The maximum absolute atomic E-state index is 10.4. The first-order valence-corrected chi connectivity index (χ1v) is 5.08. The van der Waals surface area contributed by atoms with Crippen molar-refractivity contribution in [2.75, 3.05) is 6.26 Å². The van der Waals surface area contributed by atoms with Crippen LogP contribution in [0.4, 0.5) is 0 Å². The monoisotopic (exact) mass is 186 g/mol. The SMILES string of the molecule is CS(=O)(=O)C(=NO)S(N)=O. The molecule has 1 unspecified atom stereocenters. The summed E-state index contributed by atoms with van der Waals surface area (Å²) in [6.45, 7) is 0. The van der Waals surface area contributed by atoms with E-state index in [-0.39, 0.29) is 0 Å². The first-order chi connectivity index (χ1) is 4.39. The van der Waals surface area contributed by atoms with E-state index in [2.05, 4.69) is 10.3 Å². The molecule has 0 aliphatic rings. The second kappa shape index (κ2) is 3.08. The molecule has 0 saturated carbocycles. The van der Waals surface area contributed by atoms with E-state index in [1.54, 1.807) is 0 Å². The van der Waals surface area contributed by atoms with Gasteiger partial charge >= 0.3 is 0 Å². The lowest BCUT2D eigenvalue weighted by Crippen LogP contribution is -2.23. The Morgan fingerprint density at radius 3 is 2.10 bits per heavy atom. The molecule has 8 heteroatoms. The van der Waals surface area contributed by atoms with Gasteiger partial charge < -0.3 is 5.21 Å². The van der Waals surface area contributed by atoms with Crippen molar-refractivity contribution in [3.8, 4) is 0 Å². The van der Waals surface area contributed by atoms with Crippen LogP contribution in [0.15, 0.2) is 5.16 Å². The maximum atomic E-state index is 10.4. The van der Waals surface area contributed by atoms with Crippen LogP contribution < -0.4 is 5.14 Å². The highest BCUT2D eigenvalue weighted by molar-refractivity contribution is 8.27. The molecule has 0 aromatic rings. The van der Waals surface area contributed by atoms with E-state index in [0.717, 1.165) is 6.26 Å². The molecule has 60 valence electrons. The van der Waals surface area contributed by atoms with Crippen molar-refractivity contribution in [3.63, 3.8) is 0 Å². The van der Waals surface area contributed by atoms with E-state index >= 15 is 0 Å². The number of hydrogen-bond donors (Lipinski definition) is 2. The van der Waals surface area contributed by atoms with Crippen molar-refractivity contribution in [2.45, 2.75) is 0 Å². The standard InChI is InChI=1S/C2H6N2O4S2/c1-10(7,8)2(4-5)9(3)6/h5H,3H2,1H3. The summed E-state index contributed by atoms with van der Waals surface area (Å²) in [5, 5.41) is 14.9. The summed E-state index contributed by atoms with van der Waals surface area (Å²) in [7, 11) is -6.00. The molecule has 0 bridgehead atoms. The fourth-order valence-corrected chi connectivity index (χ4v) is 1.69. The van der Waals surface area contributed by atoms with Crippen LogP contribution in [0.3, 0.4) is 0 Å². The predicted octanol–water partition coefficient (Wildman–Crippen LogP) is -1.60. The molecule has 6 nitrogen and oxygen atoms in total. The van der Waals surface area contributed by atoms with Gasteiger partial charge in [0, 0.05) is 6.26 Å². The van der Waals surface area contributed by atoms with Crippen molar-refractivity contribution in [1.82, 2.24) is 0 Å². The van der Waals surface area contributed by atoms with Crippen molar-refractivity contribution >= 4 is 25.2 Å². The van der Waals surface area contributed by atoms with E-state index in [1.165, 1.54) is 0 Å². The molecule has 0 radical (unpaired) electrons. The first kappa shape index (κ1) is 9.53. The Morgan fingerprint density at radius 2 is 2.10 bits per heavy atom. The van der Waals surface area contributed by atoms with Crippen LogP contribution >= 0.6 is 0 Å². The summed E-state index contributed by atoms with van der Waals surface area (Å²) in [6, 6.07) is 0. The van der Waals surface area contributed by atoms with Crippen LogP contribution in [0, 0.1) is 0 Å². The lowest BCUT2D eigenvalue weighted by atomic mass is 11.7. The summed E-state index contributed by atoms with van der Waals surface area (Å²) in [5.74, 6) is 0. The Morgan fingerprint density at radius 1 is 1.70 bits per heavy atom. The van der Waals surface area contributed by atoms with E-state index in [4.69, 9.17) is 5.21 Å². The van der Waals surface area contributed by atoms with Gasteiger partial charge in [0.05, 0.1) is 0 Å². The maximum Gasteiger partial charge on any atom is 0.272 e. The summed E-state index contributed by atoms with van der Waals surface area (Å²) in [5.41, 5.74) is 0. The third-order valence-corrected chi connectivity index (χ3v) is 3.11. The topological polar surface area (TPSA) is 110 Å². The van der Waals surface area contributed by atoms with Gasteiger partial charge in [-0.25, -0.2) is 17.8 Å². The van der Waals surface area contributed by atoms with Gasteiger partial charge in [-0.3, -0.25) is 0 Å². The highest BCUT2D eigenvalue weighted by Crippen LogP contribution is 1.90. The highest BCUT2D eigenvalue weighted by Gasteiger charge is 2.18. The zero-order chi connectivity index (χ0) is 8.36. The van der Waals surface area contributed by atoms with Gasteiger partial charge in [-0.05, 0) is 0 Å². The molecule has 1 atom stereocenters. The van der Waals surface area contributed by atoms with Gasteiger partial charge in [0.15, 0.2) is 11.0 Å². The van der Waals surface area contributed by atoms with Crippen molar-refractivity contribution < 1.29 is 17.8 Å². The first-order valence-electron chi connectivity index (χ1n) is 1.98. The summed E-state index contributed by atoms with van der Waals surface area (Å²) >= 11 is 0. The van der Waals surface area contributed by atoms with Gasteiger partial charge in [0.1, 0.15) is 0 Å². The molecule has 0 aromatic carbocycles. The number of oxime groups is 1. The molecule has 0 rings (SSSR count). The number of sulfone groups is 1. The molecule has 0 aromatic heterocycles. The second-order valence-corrected chi connectivity index (χ2v) is 4.61.